The summed E-state index contributed by atoms with van der Waals surface area (Å²) in [5.74, 6) is 0. The maximum atomic E-state index is 3.69. The van der Waals surface area contributed by atoms with Crippen molar-refractivity contribution in [2.75, 3.05) is 40.3 Å². The smallest absolute Gasteiger partial charge is 0.0112 e. The average molecular weight is 255 g/mol. The summed E-state index contributed by atoms with van der Waals surface area (Å²) in [6.45, 7) is 9.40. The minimum absolute atomic E-state index is 0.772. The summed E-state index contributed by atoms with van der Waals surface area (Å²) in [6, 6.07) is 1.59. The van der Waals surface area contributed by atoms with Crippen LogP contribution in [0, 0.1) is 0 Å². The Labute approximate surface area is 114 Å². The first-order valence-corrected chi connectivity index (χ1v) is 7.79. The number of likely N-dealkylation sites (N-methyl/N-ethyl adjacent to an activating group) is 1. The molecule has 2 atom stereocenters. The standard InChI is InChI=1S/C15H33N3/c1-5-9-16-14-7-8-15(13-14)18(10-6-2)12-11-17(3)4/h14-16H,5-13H2,1-4H3. The molecule has 1 N–H and O–H groups in total. The molecule has 0 saturated heterocycles. The highest BCUT2D eigenvalue weighted by Crippen LogP contribution is 2.24. The van der Waals surface area contributed by atoms with E-state index in [1.807, 2.05) is 0 Å². The van der Waals surface area contributed by atoms with Gasteiger partial charge < -0.3 is 10.2 Å². The van der Waals surface area contributed by atoms with Gasteiger partial charge in [0.05, 0.1) is 0 Å². The van der Waals surface area contributed by atoms with Gasteiger partial charge in [-0.05, 0) is 59.3 Å². The van der Waals surface area contributed by atoms with Crippen LogP contribution in [-0.2, 0) is 0 Å². The molecule has 1 saturated carbocycles. The maximum Gasteiger partial charge on any atom is 0.0112 e. The predicted molar refractivity (Wildman–Crippen MR) is 80.1 cm³/mol. The van der Waals surface area contributed by atoms with Gasteiger partial charge in [-0.2, -0.15) is 0 Å². The molecule has 18 heavy (non-hydrogen) atoms. The van der Waals surface area contributed by atoms with Gasteiger partial charge in [-0.1, -0.05) is 13.8 Å². The Hall–Kier alpha value is -0.120. The lowest BCUT2D eigenvalue weighted by atomic mass is 10.2. The lowest BCUT2D eigenvalue weighted by Gasteiger charge is -2.30. The van der Waals surface area contributed by atoms with E-state index in [0.717, 1.165) is 12.1 Å². The van der Waals surface area contributed by atoms with E-state index in [-0.39, 0.29) is 0 Å². The van der Waals surface area contributed by atoms with Gasteiger partial charge in [0.2, 0.25) is 0 Å². The van der Waals surface area contributed by atoms with Crippen molar-refractivity contribution in [3.05, 3.63) is 0 Å². The summed E-state index contributed by atoms with van der Waals surface area (Å²) in [5, 5.41) is 3.69. The summed E-state index contributed by atoms with van der Waals surface area (Å²) in [6.07, 6.45) is 6.63. The fourth-order valence-electron chi connectivity index (χ4n) is 2.92. The number of nitrogens with one attached hydrogen (secondary N) is 1. The average Bonchev–Trinajstić information content (AvgIpc) is 2.80. The Morgan fingerprint density at radius 3 is 2.39 bits per heavy atom. The minimum atomic E-state index is 0.772. The Kier molecular flexibility index (Phi) is 7.87. The van der Waals surface area contributed by atoms with Crippen molar-refractivity contribution < 1.29 is 0 Å². The van der Waals surface area contributed by atoms with Gasteiger partial charge >= 0.3 is 0 Å². The topological polar surface area (TPSA) is 18.5 Å². The van der Waals surface area contributed by atoms with Gasteiger partial charge in [-0.15, -0.1) is 0 Å². The van der Waals surface area contributed by atoms with Crippen LogP contribution < -0.4 is 5.32 Å². The van der Waals surface area contributed by atoms with Crippen molar-refractivity contribution in [2.24, 2.45) is 0 Å². The number of nitrogens with zero attached hydrogens (tertiary/aromatic N) is 2. The van der Waals surface area contributed by atoms with E-state index in [4.69, 9.17) is 0 Å². The molecule has 1 fully saturated rings. The zero-order valence-electron chi connectivity index (χ0n) is 12.9. The van der Waals surface area contributed by atoms with Gasteiger partial charge in [0, 0.05) is 25.2 Å². The quantitative estimate of drug-likeness (QED) is 0.681. The molecule has 1 aliphatic rings. The van der Waals surface area contributed by atoms with Crippen molar-refractivity contribution >= 4 is 0 Å². The molecule has 0 amide bonds. The third kappa shape index (κ3) is 5.68. The van der Waals surface area contributed by atoms with Crippen LogP contribution in [0.2, 0.25) is 0 Å². The predicted octanol–water partition coefficient (Wildman–Crippen LogP) is 2.18. The highest BCUT2D eigenvalue weighted by molar-refractivity contribution is 4.86. The lowest BCUT2D eigenvalue weighted by molar-refractivity contribution is 0.178. The van der Waals surface area contributed by atoms with Gasteiger partial charge in [-0.25, -0.2) is 0 Å². The summed E-state index contributed by atoms with van der Waals surface area (Å²) in [5.41, 5.74) is 0. The molecular weight excluding hydrogens is 222 g/mol. The zero-order valence-corrected chi connectivity index (χ0v) is 12.9. The fraction of sp³-hybridized carbons (Fsp3) is 1.00. The Morgan fingerprint density at radius 1 is 1.00 bits per heavy atom. The first kappa shape index (κ1) is 15.9. The van der Waals surface area contributed by atoms with E-state index < -0.39 is 0 Å². The Bertz CT molecular complexity index is 206. The molecule has 3 nitrogen and oxygen atoms in total. The zero-order chi connectivity index (χ0) is 13.4. The first-order valence-electron chi connectivity index (χ1n) is 7.79. The fourth-order valence-corrected chi connectivity index (χ4v) is 2.92. The van der Waals surface area contributed by atoms with Crippen LogP contribution in [0.1, 0.15) is 46.0 Å². The summed E-state index contributed by atoms with van der Waals surface area (Å²) >= 11 is 0. The van der Waals surface area contributed by atoms with Crippen LogP contribution in [0.25, 0.3) is 0 Å². The molecule has 2 unspecified atom stereocenters. The van der Waals surface area contributed by atoms with Crippen molar-refractivity contribution in [1.82, 2.24) is 15.1 Å². The third-order valence-corrected chi connectivity index (χ3v) is 3.95. The molecule has 0 aromatic heterocycles. The van der Waals surface area contributed by atoms with Gasteiger partial charge in [-0.3, -0.25) is 4.90 Å². The number of hydrogen-bond acceptors (Lipinski definition) is 3. The Morgan fingerprint density at radius 2 is 1.78 bits per heavy atom. The van der Waals surface area contributed by atoms with E-state index in [2.05, 4.69) is 43.1 Å². The highest BCUT2D eigenvalue weighted by atomic mass is 15.2. The molecule has 0 aliphatic heterocycles. The summed E-state index contributed by atoms with van der Waals surface area (Å²) < 4.78 is 0. The van der Waals surface area contributed by atoms with E-state index in [9.17, 15) is 0 Å². The molecule has 1 aliphatic carbocycles. The van der Waals surface area contributed by atoms with Gasteiger partial charge in [0.25, 0.3) is 0 Å². The Balaban J connectivity index is 2.34. The molecular formula is C15H33N3. The first-order chi connectivity index (χ1) is 8.67. The van der Waals surface area contributed by atoms with Crippen LogP contribution in [0.5, 0.6) is 0 Å². The minimum Gasteiger partial charge on any atom is -0.314 e. The van der Waals surface area contributed by atoms with E-state index in [1.54, 1.807) is 0 Å². The van der Waals surface area contributed by atoms with Crippen LogP contribution in [0.3, 0.4) is 0 Å². The molecule has 0 aromatic carbocycles. The molecule has 0 spiro atoms. The number of rotatable bonds is 9. The molecule has 0 heterocycles. The molecule has 0 radical (unpaired) electrons. The van der Waals surface area contributed by atoms with E-state index in [1.165, 1.54) is 58.3 Å². The molecule has 108 valence electrons. The second kappa shape index (κ2) is 8.89. The lowest BCUT2D eigenvalue weighted by Crippen LogP contribution is -2.40. The van der Waals surface area contributed by atoms with Gasteiger partial charge in [0.1, 0.15) is 0 Å². The summed E-state index contributed by atoms with van der Waals surface area (Å²) in [4.78, 5) is 5.01. The molecule has 1 rings (SSSR count). The monoisotopic (exact) mass is 255 g/mol. The SMILES string of the molecule is CCCNC1CCC(N(CCC)CCN(C)C)C1. The second-order valence-electron chi connectivity index (χ2n) is 5.96. The third-order valence-electron chi connectivity index (χ3n) is 3.95. The van der Waals surface area contributed by atoms with Crippen LogP contribution >= 0.6 is 0 Å². The molecule has 3 heteroatoms. The largest absolute Gasteiger partial charge is 0.314 e. The molecule has 0 aromatic rings. The van der Waals surface area contributed by atoms with Crippen molar-refractivity contribution in [1.29, 1.82) is 0 Å². The van der Waals surface area contributed by atoms with Crippen LogP contribution in [-0.4, -0.2) is 62.2 Å². The molecule has 0 bridgehead atoms. The van der Waals surface area contributed by atoms with E-state index >= 15 is 0 Å². The highest BCUT2D eigenvalue weighted by Gasteiger charge is 2.28. The van der Waals surface area contributed by atoms with E-state index in [0.29, 0.717) is 0 Å². The normalized spacial score (nSPS) is 24.3. The van der Waals surface area contributed by atoms with Crippen molar-refractivity contribution in [2.45, 2.75) is 58.0 Å². The van der Waals surface area contributed by atoms with Crippen LogP contribution in [0.15, 0.2) is 0 Å². The van der Waals surface area contributed by atoms with Crippen molar-refractivity contribution in [3.63, 3.8) is 0 Å². The van der Waals surface area contributed by atoms with Gasteiger partial charge in [0.15, 0.2) is 0 Å². The van der Waals surface area contributed by atoms with Crippen LogP contribution in [0.4, 0.5) is 0 Å². The van der Waals surface area contributed by atoms with Crippen molar-refractivity contribution in [3.8, 4) is 0 Å². The maximum absolute atomic E-state index is 3.69. The second-order valence-corrected chi connectivity index (χ2v) is 5.96. The number of hydrogen-bond donors (Lipinski definition) is 1. The summed E-state index contributed by atoms with van der Waals surface area (Å²) in [7, 11) is 4.34.